The fourth-order valence-electron chi connectivity index (χ4n) is 2.80. The third-order valence-electron chi connectivity index (χ3n) is 4.44. The predicted molar refractivity (Wildman–Crippen MR) is 103 cm³/mol. The zero-order chi connectivity index (χ0) is 19.3. The molecule has 0 bridgehead atoms. The third-order valence-corrected chi connectivity index (χ3v) is 6.05. The maximum Gasteiger partial charge on any atom is 0.251 e. The number of carbonyl (C=O) groups is 2. The molecule has 1 saturated heterocycles. The largest absolute Gasteiger partial charge is 0.321 e. The molecule has 0 spiro atoms. The van der Waals surface area contributed by atoms with E-state index in [1.54, 1.807) is 0 Å². The summed E-state index contributed by atoms with van der Waals surface area (Å²) < 4.78 is 16.6. The van der Waals surface area contributed by atoms with Crippen molar-refractivity contribution in [2.45, 2.75) is 79.2 Å². The molecule has 1 fully saturated rings. The summed E-state index contributed by atoms with van der Waals surface area (Å²) in [6.07, 6.45) is 7.16. The first kappa shape index (κ1) is 22.6. The quantitative estimate of drug-likeness (QED) is 0.543. The fourth-order valence-corrected chi connectivity index (χ4v) is 4.30. The zero-order valence-electron chi connectivity index (χ0n) is 16.7. The van der Waals surface area contributed by atoms with E-state index in [0.29, 0.717) is 32.3 Å². The van der Waals surface area contributed by atoms with Crippen LogP contribution in [0.1, 0.15) is 73.1 Å². The van der Waals surface area contributed by atoms with Crippen LogP contribution in [0.15, 0.2) is 0 Å². The number of rotatable bonds is 9. The Hall–Kier alpha value is -0.480. The van der Waals surface area contributed by atoms with E-state index in [2.05, 4.69) is 27.1 Å². The van der Waals surface area contributed by atoms with Crippen LogP contribution < -0.4 is 0 Å². The SMILES string of the molecule is C=P1(OC)OCC(C)(C)C(C(=O)CCCC(=O)CCCC(C)(C)C)O1. The van der Waals surface area contributed by atoms with Crippen LogP contribution in [0.5, 0.6) is 0 Å². The summed E-state index contributed by atoms with van der Waals surface area (Å²) >= 11 is 0. The van der Waals surface area contributed by atoms with Crippen molar-refractivity contribution in [1.82, 2.24) is 0 Å². The van der Waals surface area contributed by atoms with E-state index in [4.69, 9.17) is 13.6 Å². The summed E-state index contributed by atoms with van der Waals surface area (Å²) in [5, 5.41) is 0. The van der Waals surface area contributed by atoms with Gasteiger partial charge in [0.25, 0.3) is 7.57 Å². The highest BCUT2D eigenvalue weighted by Gasteiger charge is 2.44. The van der Waals surface area contributed by atoms with Crippen molar-refractivity contribution in [2.24, 2.45) is 10.8 Å². The summed E-state index contributed by atoms with van der Waals surface area (Å²) in [7, 11) is -1.17. The van der Waals surface area contributed by atoms with Gasteiger partial charge in [0.1, 0.15) is 11.9 Å². The number of hydrogen-bond donors (Lipinski definition) is 0. The van der Waals surface area contributed by atoms with Gasteiger partial charge < -0.3 is 13.6 Å². The van der Waals surface area contributed by atoms with E-state index in [0.717, 1.165) is 12.8 Å². The van der Waals surface area contributed by atoms with Gasteiger partial charge in [0.2, 0.25) is 0 Å². The van der Waals surface area contributed by atoms with Crippen molar-refractivity contribution in [2.75, 3.05) is 13.7 Å². The van der Waals surface area contributed by atoms with Crippen LogP contribution in [0.4, 0.5) is 0 Å². The van der Waals surface area contributed by atoms with Crippen molar-refractivity contribution in [3.63, 3.8) is 0 Å². The summed E-state index contributed by atoms with van der Waals surface area (Å²) in [5.74, 6) is 0.237. The van der Waals surface area contributed by atoms with Crippen LogP contribution in [0.25, 0.3) is 0 Å². The fraction of sp³-hybridized carbons (Fsp3) is 0.842. The maximum atomic E-state index is 12.6. The Morgan fingerprint density at radius 2 is 1.80 bits per heavy atom. The lowest BCUT2D eigenvalue weighted by Crippen LogP contribution is -2.44. The molecular formula is C19H35O5P. The van der Waals surface area contributed by atoms with Gasteiger partial charge in [-0.1, -0.05) is 34.6 Å². The van der Waals surface area contributed by atoms with Crippen molar-refractivity contribution in [3.8, 4) is 0 Å². The lowest BCUT2D eigenvalue weighted by atomic mass is 9.84. The van der Waals surface area contributed by atoms with Gasteiger partial charge in [-0.25, -0.2) is 0 Å². The number of Topliss-reactive ketones (excluding diaryl/α,β-unsaturated/α-hetero) is 2. The van der Waals surface area contributed by atoms with Gasteiger partial charge in [-0.3, -0.25) is 9.59 Å². The summed E-state index contributed by atoms with van der Waals surface area (Å²) in [4.78, 5) is 24.6. The second-order valence-corrected chi connectivity index (χ2v) is 10.9. The van der Waals surface area contributed by atoms with Gasteiger partial charge in [0.05, 0.1) is 6.61 Å². The average Bonchev–Trinajstić information content (AvgIpc) is 2.48. The minimum absolute atomic E-state index is 0.000802. The smallest absolute Gasteiger partial charge is 0.251 e. The lowest BCUT2D eigenvalue weighted by molar-refractivity contribution is -0.137. The van der Waals surface area contributed by atoms with E-state index in [-0.39, 0.29) is 17.0 Å². The van der Waals surface area contributed by atoms with Gasteiger partial charge in [-0.2, -0.15) is 0 Å². The van der Waals surface area contributed by atoms with Gasteiger partial charge in [0.15, 0.2) is 5.78 Å². The Balaban J connectivity index is 2.42. The molecule has 1 heterocycles. The zero-order valence-corrected chi connectivity index (χ0v) is 17.6. The number of hydrogen-bond acceptors (Lipinski definition) is 5. The molecule has 0 aromatic carbocycles. The van der Waals surface area contributed by atoms with Crippen LogP contribution >= 0.6 is 7.57 Å². The molecule has 25 heavy (non-hydrogen) atoms. The minimum atomic E-state index is -2.65. The molecule has 2 unspecified atom stereocenters. The molecule has 0 aliphatic carbocycles. The molecule has 6 heteroatoms. The molecule has 1 aliphatic rings. The Labute approximate surface area is 153 Å². The minimum Gasteiger partial charge on any atom is -0.321 e. The van der Waals surface area contributed by atoms with Crippen LogP contribution in [-0.2, 0) is 23.2 Å². The molecular weight excluding hydrogens is 339 g/mol. The van der Waals surface area contributed by atoms with Crippen molar-refractivity contribution in [3.05, 3.63) is 0 Å². The molecule has 0 radical (unpaired) electrons. The average molecular weight is 374 g/mol. The van der Waals surface area contributed by atoms with Gasteiger partial charge in [0, 0.05) is 31.8 Å². The Bertz CT molecular complexity index is 518. The summed E-state index contributed by atoms with van der Waals surface area (Å²) in [6.45, 7) is 10.8. The highest BCUT2D eigenvalue weighted by molar-refractivity contribution is 7.59. The lowest BCUT2D eigenvalue weighted by Gasteiger charge is -2.42. The predicted octanol–water partition coefficient (Wildman–Crippen LogP) is 4.79. The van der Waals surface area contributed by atoms with Gasteiger partial charge in [-0.05, 0) is 31.0 Å². The first-order valence-corrected chi connectivity index (χ1v) is 10.8. The molecule has 0 aromatic heterocycles. The summed E-state index contributed by atoms with van der Waals surface area (Å²) in [5.41, 5.74) is -0.166. The molecule has 0 amide bonds. The Morgan fingerprint density at radius 1 is 1.20 bits per heavy atom. The second kappa shape index (κ2) is 8.94. The number of ketones is 2. The van der Waals surface area contributed by atoms with Crippen LogP contribution in [-0.4, -0.2) is 37.7 Å². The molecule has 2 atom stereocenters. The monoisotopic (exact) mass is 374 g/mol. The van der Waals surface area contributed by atoms with E-state index >= 15 is 0 Å². The second-order valence-electron chi connectivity index (χ2n) is 8.81. The molecule has 1 rings (SSSR count). The van der Waals surface area contributed by atoms with E-state index in [1.165, 1.54) is 7.11 Å². The first-order valence-electron chi connectivity index (χ1n) is 9.05. The maximum absolute atomic E-state index is 12.6. The topological polar surface area (TPSA) is 61.8 Å². The molecule has 0 N–H and O–H groups in total. The van der Waals surface area contributed by atoms with E-state index in [1.807, 2.05) is 13.8 Å². The van der Waals surface area contributed by atoms with E-state index in [9.17, 15) is 9.59 Å². The highest BCUT2D eigenvalue weighted by Crippen LogP contribution is 2.56. The first-order chi connectivity index (χ1) is 11.4. The van der Waals surface area contributed by atoms with Gasteiger partial charge >= 0.3 is 0 Å². The Kier molecular flexibility index (Phi) is 8.07. The molecule has 1 aliphatic heterocycles. The van der Waals surface area contributed by atoms with Crippen LogP contribution in [0, 0.1) is 10.8 Å². The van der Waals surface area contributed by atoms with Crippen molar-refractivity contribution in [1.29, 1.82) is 0 Å². The standard InChI is InChI=1S/C19H35O5P/c1-18(2,3)13-9-11-15(20)10-8-12-16(21)17-19(4,5)14-23-25(7,22-6)24-17/h17H,7-14H2,1-6H3. The molecule has 0 saturated carbocycles. The van der Waals surface area contributed by atoms with Crippen LogP contribution in [0.3, 0.4) is 0 Å². The van der Waals surface area contributed by atoms with Gasteiger partial charge in [-0.15, -0.1) is 0 Å². The van der Waals surface area contributed by atoms with Crippen LogP contribution in [0.2, 0.25) is 0 Å². The van der Waals surface area contributed by atoms with E-state index < -0.39 is 19.1 Å². The highest BCUT2D eigenvalue weighted by atomic mass is 31.2. The molecule has 5 nitrogen and oxygen atoms in total. The molecule has 146 valence electrons. The third kappa shape index (κ3) is 7.74. The number of carbonyl (C=O) groups excluding carboxylic acids is 2. The Morgan fingerprint density at radius 3 is 2.36 bits per heavy atom. The normalized spacial score (nSPS) is 26.4. The van der Waals surface area contributed by atoms with Crippen molar-refractivity contribution < 1.29 is 23.2 Å². The molecule has 0 aromatic rings. The van der Waals surface area contributed by atoms with Crippen molar-refractivity contribution >= 4 is 25.4 Å². The summed E-state index contributed by atoms with van der Waals surface area (Å²) in [6, 6.07) is 0.